The van der Waals surface area contributed by atoms with Gasteiger partial charge in [0.1, 0.15) is 6.61 Å². The van der Waals surface area contributed by atoms with Crippen molar-refractivity contribution in [2.45, 2.75) is 19.6 Å². The minimum atomic E-state index is -0.201. The van der Waals surface area contributed by atoms with Crippen LogP contribution in [-0.4, -0.2) is 16.3 Å². The normalized spacial score (nSPS) is 10.5. The standard InChI is InChI=1S/C15H16ClNO3/c16-13-6-2-1-5-12(13)11-20-14-7-3-8-17(15(14)19)9-4-10-18/h1-3,5-8,18H,4,9-11H2. The number of ether oxygens (including phenoxy) is 1. The summed E-state index contributed by atoms with van der Waals surface area (Å²) < 4.78 is 7.07. The van der Waals surface area contributed by atoms with E-state index < -0.39 is 0 Å². The molecule has 0 saturated heterocycles. The fraction of sp³-hybridized carbons (Fsp3) is 0.267. The van der Waals surface area contributed by atoms with Crippen molar-refractivity contribution >= 4 is 11.6 Å². The molecule has 4 nitrogen and oxygen atoms in total. The number of halogens is 1. The average molecular weight is 294 g/mol. The van der Waals surface area contributed by atoms with E-state index in [1.54, 1.807) is 24.4 Å². The van der Waals surface area contributed by atoms with Crippen LogP contribution in [0.2, 0.25) is 5.02 Å². The summed E-state index contributed by atoms with van der Waals surface area (Å²) in [6.07, 6.45) is 2.22. The minimum Gasteiger partial charge on any atom is -0.483 e. The van der Waals surface area contributed by atoms with Gasteiger partial charge in [0.25, 0.3) is 5.56 Å². The van der Waals surface area contributed by atoms with Crippen LogP contribution >= 0.6 is 11.6 Å². The lowest BCUT2D eigenvalue weighted by Gasteiger charge is -2.09. The summed E-state index contributed by atoms with van der Waals surface area (Å²) in [6.45, 7) is 0.773. The number of aliphatic hydroxyl groups excluding tert-OH is 1. The van der Waals surface area contributed by atoms with Gasteiger partial charge in [-0.15, -0.1) is 0 Å². The van der Waals surface area contributed by atoms with Crippen LogP contribution in [0, 0.1) is 0 Å². The molecular weight excluding hydrogens is 278 g/mol. The molecule has 1 aromatic heterocycles. The molecule has 0 fully saturated rings. The molecule has 20 heavy (non-hydrogen) atoms. The highest BCUT2D eigenvalue weighted by atomic mass is 35.5. The smallest absolute Gasteiger partial charge is 0.292 e. The molecule has 0 aliphatic carbocycles. The molecule has 0 spiro atoms. The van der Waals surface area contributed by atoms with Gasteiger partial charge < -0.3 is 14.4 Å². The van der Waals surface area contributed by atoms with Crippen molar-refractivity contribution in [3.8, 4) is 5.75 Å². The Kier molecular flexibility index (Phi) is 5.21. The third-order valence-corrected chi connectivity index (χ3v) is 3.25. The molecular formula is C15H16ClNO3. The summed E-state index contributed by atoms with van der Waals surface area (Å²) in [5.41, 5.74) is 0.632. The zero-order valence-corrected chi connectivity index (χ0v) is 11.7. The van der Waals surface area contributed by atoms with E-state index in [0.29, 0.717) is 18.0 Å². The third-order valence-electron chi connectivity index (χ3n) is 2.88. The summed E-state index contributed by atoms with van der Waals surface area (Å²) in [5, 5.41) is 9.42. The van der Waals surface area contributed by atoms with Crippen LogP contribution < -0.4 is 10.3 Å². The Morgan fingerprint density at radius 2 is 2.00 bits per heavy atom. The van der Waals surface area contributed by atoms with Gasteiger partial charge in [-0.2, -0.15) is 0 Å². The lowest BCUT2D eigenvalue weighted by Crippen LogP contribution is -2.21. The van der Waals surface area contributed by atoms with E-state index in [0.717, 1.165) is 5.56 Å². The molecule has 1 N–H and O–H groups in total. The molecule has 0 atom stereocenters. The van der Waals surface area contributed by atoms with E-state index in [1.807, 2.05) is 18.2 Å². The first-order valence-electron chi connectivity index (χ1n) is 6.39. The predicted octanol–water partition coefficient (Wildman–Crippen LogP) is 2.46. The first-order chi connectivity index (χ1) is 9.72. The van der Waals surface area contributed by atoms with Gasteiger partial charge in [-0.25, -0.2) is 0 Å². The number of aliphatic hydroxyl groups is 1. The van der Waals surface area contributed by atoms with Crippen molar-refractivity contribution < 1.29 is 9.84 Å². The van der Waals surface area contributed by atoms with E-state index in [9.17, 15) is 4.79 Å². The first-order valence-corrected chi connectivity index (χ1v) is 6.76. The van der Waals surface area contributed by atoms with E-state index in [2.05, 4.69) is 0 Å². The SMILES string of the molecule is O=c1c(OCc2ccccc2Cl)cccn1CCCO. The molecule has 1 aromatic carbocycles. The van der Waals surface area contributed by atoms with Crippen molar-refractivity contribution in [1.82, 2.24) is 4.57 Å². The van der Waals surface area contributed by atoms with Gasteiger partial charge in [-0.05, 0) is 24.6 Å². The van der Waals surface area contributed by atoms with Crippen molar-refractivity contribution in [3.05, 3.63) is 63.5 Å². The van der Waals surface area contributed by atoms with Crippen LogP contribution in [-0.2, 0) is 13.2 Å². The average Bonchev–Trinajstić information content (AvgIpc) is 2.46. The lowest BCUT2D eigenvalue weighted by molar-refractivity contribution is 0.275. The summed E-state index contributed by atoms with van der Waals surface area (Å²) in [5.74, 6) is 0.283. The molecule has 0 unspecified atom stereocenters. The molecule has 0 aliphatic heterocycles. The molecule has 0 radical (unpaired) electrons. The third kappa shape index (κ3) is 3.62. The molecule has 0 aliphatic rings. The van der Waals surface area contributed by atoms with Gasteiger partial charge in [0.2, 0.25) is 0 Å². The Hall–Kier alpha value is -1.78. The molecule has 106 valence electrons. The zero-order chi connectivity index (χ0) is 14.4. The Morgan fingerprint density at radius 3 is 2.75 bits per heavy atom. The van der Waals surface area contributed by atoms with Crippen LogP contribution in [0.3, 0.4) is 0 Å². The van der Waals surface area contributed by atoms with Crippen LogP contribution in [0.5, 0.6) is 5.75 Å². The monoisotopic (exact) mass is 293 g/mol. The second kappa shape index (κ2) is 7.12. The van der Waals surface area contributed by atoms with Gasteiger partial charge in [0.05, 0.1) is 0 Å². The van der Waals surface area contributed by atoms with Gasteiger partial charge >= 0.3 is 0 Å². The predicted molar refractivity (Wildman–Crippen MR) is 78.2 cm³/mol. The maximum Gasteiger partial charge on any atom is 0.292 e. The van der Waals surface area contributed by atoms with E-state index in [4.69, 9.17) is 21.4 Å². The maximum atomic E-state index is 12.1. The minimum absolute atomic E-state index is 0.0527. The van der Waals surface area contributed by atoms with E-state index in [-0.39, 0.29) is 24.5 Å². The molecule has 0 bridgehead atoms. The van der Waals surface area contributed by atoms with Crippen molar-refractivity contribution in [1.29, 1.82) is 0 Å². The Labute approximate surface area is 122 Å². The van der Waals surface area contributed by atoms with Crippen molar-refractivity contribution in [3.63, 3.8) is 0 Å². The molecule has 2 rings (SSSR count). The van der Waals surface area contributed by atoms with E-state index >= 15 is 0 Å². The number of hydrogen-bond acceptors (Lipinski definition) is 3. The molecule has 0 saturated carbocycles. The molecule has 2 aromatic rings. The Morgan fingerprint density at radius 1 is 1.20 bits per heavy atom. The topological polar surface area (TPSA) is 51.5 Å². The first kappa shape index (κ1) is 14.6. The van der Waals surface area contributed by atoms with Crippen molar-refractivity contribution in [2.24, 2.45) is 0 Å². The largest absolute Gasteiger partial charge is 0.483 e. The summed E-state index contributed by atoms with van der Waals surface area (Å²) in [7, 11) is 0. The van der Waals surface area contributed by atoms with E-state index in [1.165, 1.54) is 4.57 Å². The van der Waals surface area contributed by atoms with Gasteiger partial charge in [0.15, 0.2) is 5.75 Å². The lowest BCUT2D eigenvalue weighted by atomic mass is 10.2. The highest BCUT2D eigenvalue weighted by molar-refractivity contribution is 6.31. The number of benzene rings is 1. The summed E-state index contributed by atoms with van der Waals surface area (Å²) >= 11 is 6.04. The molecule has 0 amide bonds. The number of hydrogen-bond donors (Lipinski definition) is 1. The highest BCUT2D eigenvalue weighted by Crippen LogP contribution is 2.16. The zero-order valence-electron chi connectivity index (χ0n) is 11.0. The number of rotatable bonds is 6. The number of aromatic nitrogens is 1. The van der Waals surface area contributed by atoms with Gasteiger partial charge in [0, 0.05) is 29.9 Å². The second-order valence-corrected chi connectivity index (χ2v) is 4.74. The maximum absolute atomic E-state index is 12.1. The quantitative estimate of drug-likeness (QED) is 0.890. The molecule has 1 heterocycles. The molecule has 5 heteroatoms. The number of aryl methyl sites for hydroxylation is 1. The Bertz CT molecular complexity index is 625. The van der Waals surface area contributed by atoms with Crippen LogP contribution in [0.4, 0.5) is 0 Å². The Balaban J connectivity index is 2.10. The van der Waals surface area contributed by atoms with Gasteiger partial charge in [-0.3, -0.25) is 4.79 Å². The van der Waals surface area contributed by atoms with Crippen LogP contribution in [0.1, 0.15) is 12.0 Å². The second-order valence-electron chi connectivity index (χ2n) is 4.33. The van der Waals surface area contributed by atoms with Crippen LogP contribution in [0.15, 0.2) is 47.4 Å². The van der Waals surface area contributed by atoms with Gasteiger partial charge in [-0.1, -0.05) is 29.8 Å². The fourth-order valence-corrected chi connectivity index (χ4v) is 2.00. The highest BCUT2D eigenvalue weighted by Gasteiger charge is 2.06. The number of nitrogens with zero attached hydrogens (tertiary/aromatic N) is 1. The fourth-order valence-electron chi connectivity index (χ4n) is 1.81. The summed E-state index contributed by atoms with van der Waals surface area (Å²) in [4.78, 5) is 12.1. The van der Waals surface area contributed by atoms with Crippen molar-refractivity contribution in [2.75, 3.05) is 6.61 Å². The van der Waals surface area contributed by atoms with Crippen LogP contribution in [0.25, 0.3) is 0 Å². The number of pyridine rings is 1. The summed E-state index contributed by atoms with van der Waals surface area (Å²) in [6, 6.07) is 10.7.